The second kappa shape index (κ2) is 13.8. The number of amides is 3. The number of hydrogen-bond donors (Lipinski definition) is 1. The number of aliphatic hydroxyl groups is 1. The van der Waals surface area contributed by atoms with Crippen molar-refractivity contribution in [1.29, 1.82) is 0 Å². The summed E-state index contributed by atoms with van der Waals surface area (Å²) < 4.78 is 12.7. The molecule has 0 aliphatic carbocycles. The van der Waals surface area contributed by atoms with E-state index >= 15 is 4.79 Å². The summed E-state index contributed by atoms with van der Waals surface area (Å²) in [6.07, 6.45) is 4.80. The number of benzene rings is 3. The Morgan fingerprint density at radius 2 is 1.63 bits per heavy atom. The molecule has 3 unspecified atom stereocenters. The third kappa shape index (κ3) is 5.72. The highest BCUT2D eigenvalue weighted by Gasteiger charge is 2.80. The molecule has 3 heterocycles. The van der Waals surface area contributed by atoms with Gasteiger partial charge in [-0.2, -0.15) is 0 Å². The Kier molecular flexibility index (Phi) is 9.69. The normalized spacial score (nSPS) is 26.9. The fourth-order valence-electron chi connectivity index (χ4n) is 8.48. The van der Waals surface area contributed by atoms with Crippen LogP contribution in [0.1, 0.15) is 40.0 Å². The van der Waals surface area contributed by atoms with Gasteiger partial charge in [-0.3, -0.25) is 14.4 Å². The number of carbonyl (C=O) groups excluding carboxylic acids is 3. The highest BCUT2D eigenvalue weighted by Crippen LogP contribution is 2.65. The van der Waals surface area contributed by atoms with E-state index in [0.29, 0.717) is 43.0 Å². The summed E-state index contributed by atoms with van der Waals surface area (Å²) >= 11 is 0. The van der Waals surface area contributed by atoms with Crippen LogP contribution in [-0.4, -0.2) is 77.8 Å². The lowest BCUT2D eigenvalue weighted by Gasteiger charge is -2.39. The number of ether oxygens (including phenoxy) is 2. The molecule has 49 heavy (non-hydrogen) atoms. The van der Waals surface area contributed by atoms with Crippen molar-refractivity contribution in [3.8, 4) is 5.75 Å². The Balaban J connectivity index is 1.43. The standard InChI is InChI=1S/C40H47N3O6/c1-6-21-41(30-17-19-32(20-18-30)48-8-3)36(45)33-34-37(46)43(23-11-12-24-44)35(40(34)26-27(4)39(33,5)49-40)38(47)42(22-7-2)31-16-15-28-13-9-10-14-29(28)25-31/h6-7,9-10,13-20,25,27,33-35,44H,1-2,8,11-12,21-24,26H2,3-5H3/t27?,33-,34-,35?,39+,40?/m0/s1. The van der Waals surface area contributed by atoms with E-state index in [1.807, 2.05) is 87.5 Å². The second-order valence-corrected chi connectivity index (χ2v) is 13.6. The van der Waals surface area contributed by atoms with E-state index < -0.39 is 29.1 Å². The molecule has 3 saturated heterocycles. The maximum atomic E-state index is 15.1. The van der Waals surface area contributed by atoms with E-state index in [-0.39, 0.29) is 49.9 Å². The minimum atomic E-state index is -1.21. The maximum Gasteiger partial charge on any atom is 0.253 e. The Bertz CT molecular complexity index is 1740. The van der Waals surface area contributed by atoms with Crippen LogP contribution in [-0.2, 0) is 19.1 Å². The number of carbonyl (C=O) groups is 3. The Hall–Kier alpha value is -4.47. The number of likely N-dealkylation sites (tertiary alicyclic amines) is 1. The van der Waals surface area contributed by atoms with Crippen molar-refractivity contribution in [1.82, 2.24) is 4.90 Å². The van der Waals surface area contributed by atoms with Crippen molar-refractivity contribution in [2.45, 2.75) is 57.3 Å². The van der Waals surface area contributed by atoms with Gasteiger partial charge >= 0.3 is 0 Å². The number of fused-ring (bicyclic) bond motifs is 2. The van der Waals surface area contributed by atoms with Crippen molar-refractivity contribution < 1.29 is 29.0 Å². The van der Waals surface area contributed by atoms with Gasteiger partial charge < -0.3 is 29.3 Å². The highest BCUT2D eigenvalue weighted by atomic mass is 16.5. The van der Waals surface area contributed by atoms with Gasteiger partial charge in [0.2, 0.25) is 11.8 Å². The van der Waals surface area contributed by atoms with Crippen LogP contribution in [0.3, 0.4) is 0 Å². The molecule has 2 bridgehead atoms. The lowest BCUT2D eigenvalue weighted by Crippen LogP contribution is -2.57. The molecule has 6 rings (SSSR count). The predicted molar refractivity (Wildman–Crippen MR) is 191 cm³/mol. The van der Waals surface area contributed by atoms with Crippen LogP contribution in [0.15, 0.2) is 92.0 Å². The maximum absolute atomic E-state index is 15.1. The lowest BCUT2D eigenvalue weighted by atomic mass is 9.62. The zero-order valence-electron chi connectivity index (χ0n) is 28.7. The van der Waals surface area contributed by atoms with E-state index in [1.165, 1.54) is 0 Å². The van der Waals surface area contributed by atoms with E-state index in [1.54, 1.807) is 26.9 Å². The van der Waals surface area contributed by atoms with Crippen LogP contribution in [0, 0.1) is 17.8 Å². The lowest BCUT2D eigenvalue weighted by molar-refractivity contribution is -0.145. The molecule has 258 valence electrons. The zero-order valence-corrected chi connectivity index (χ0v) is 28.7. The molecule has 3 amide bonds. The monoisotopic (exact) mass is 665 g/mol. The topological polar surface area (TPSA) is 99.6 Å². The van der Waals surface area contributed by atoms with Gasteiger partial charge in [0.05, 0.1) is 24.0 Å². The molecule has 6 atom stereocenters. The first-order chi connectivity index (χ1) is 23.6. The van der Waals surface area contributed by atoms with E-state index in [0.717, 1.165) is 10.8 Å². The number of hydrogen-bond acceptors (Lipinski definition) is 6. The van der Waals surface area contributed by atoms with Crippen molar-refractivity contribution in [3.05, 3.63) is 92.0 Å². The van der Waals surface area contributed by atoms with Gasteiger partial charge in [0.1, 0.15) is 17.4 Å². The van der Waals surface area contributed by atoms with Gasteiger partial charge in [0.15, 0.2) is 0 Å². The fourth-order valence-corrected chi connectivity index (χ4v) is 8.48. The van der Waals surface area contributed by atoms with Gasteiger partial charge in [0, 0.05) is 37.6 Å². The number of aliphatic hydroxyl groups excluding tert-OH is 1. The quantitative estimate of drug-likeness (QED) is 0.174. The van der Waals surface area contributed by atoms with E-state index in [2.05, 4.69) is 13.2 Å². The summed E-state index contributed by atoms with van der Waals surface area (Å²) in [7, 11) is 0. The Morgan fingerprint density at radius 3 is 2.29 bits per heavy atom. The van der Waals surface area contributed by atoms with E-state index in [4.69, 9.17) is 9.47 Å². The van der Waals surface area contributed by atoms with Gasteiger partial charge in [-0.25, -0.2) is 0 Å². The van der Waals surface area contributed by atoms with Crippen LogP contribution < -0.4 is 14.5 Å². The average molecular weight is 666 g/mol. The van der Waals surface area contributed by atoms with E-state index in [9.17, 15) is 14.7 Å². The van der Waals surface area contributed by atoms with Gasteiger partial charge in [-0.15, -0.1) is 13.2 Å². The molecule has 9 nitrogen and oxygen atoms in total. The second-order valence-electron chi connectivity index (χ2n) is 13.6. The molecule has 3 aromatic carbocycles. The highest BCUT2D eigenvalue weighted by molar-refractivity contribution is 6.07. The molecule has 3 aliphatic heterocycles. The third-order valence-electron chi connectivity index (χ3n) is 10.8. The Morgan fingerprint density at radius 1 is 0.980 bits per heavy atom. The molecule has 0 radical (unpaired) electrons. The number of nitrogens with zero attached hydrogens (tertiary/aromatic N) is 3. The summed E-state index contributed by atoms with van der Waals surface area (Å²) in [6, 6.07) is 20.2. The molecule has 3 fully saturated rings. The molecule has 1 spiro atoms. The van der Waals surface area contributed by atoms with Crippen LogP contribution >= 0.6 is 0 Å². The summed E-state index contributed by atoms with van der Waals surface area (Å²) in [6.45, 7) is 15.0. The van der Waals surface area contributed by atoms with Crippen LogP contribution in [0.5, 0.6) is 5.75 Å². The van der Waals surface area contributed by atoms with Gasteiger partial charge in [-0.05, 0) is 86.2 Å². The Labute approximate surface area is 288 Å². The third-order valence-corrected chi connectivity index (χ3v) is 10.8. The molecular formula is C40H47N3O6. The zero-order chi connectivity index (χ0) is 34.9. The average Bonchev–Trinajstić information content (AvgIpc) is 3.62. The van der Waals surface area contributed by atoms with Crippen molar-refractivity contribution in [2.75, 3.05) is 42.6 Å². The first-order valence-corrected chi connectivity index (χ1v) is 17.3. The largest absolute Gasteiger partial charge is 0.494 e. The minimum absolute atomic E-state index is 0.0276. The predicted octanol–water partition coefficient (Wildman–Crippen LogP) is 5.76. The fraction of sp³-hybridized carbons (Fsp3) is 0.425. The molecule has 3 aromatic rings. The van der Waals surface area contributed by atoms with Crippen LogP contribution in [0.4, 0.5) is 11.4 Å². The summed E-state index contributed by atoms with van der Waals surface area (Å²) in [4.78, 5) is 49.6. The van der Waals surface area contributed by atoms with Gasteiger partial charge in [-0.1, -0.05) is 49.4 Å². The number of rotatable bonds is 14. The van der Waals surface area contributed by atoms with Crippen molar-refractivity contribution in [2.24, 2.45) is 17.8 Å². The molecular weight excluding hydrogens is 618 g/mol. The molecule has 1 N–H and O–H groups in total. The summed E-state index contributed by atoms with van der Waals surface area (Å²) in [5.41, 5.74) is -0.841. The van der Waals surface area contributed by atoms with Crippen LogP contribution in [0.2, 0.25) is 0 Å². The van der Waals surface area contributed by atoms with Crippen molar-refractivity contribution >= 4 is 39.9 Å². The van der Waals surface area contributed by atoms with Gasteiger partial charge in [0.25, 0.3) is 5.91 Å². The van der Waals surface area contributed by atoms with Crippen molar-refractivity contribution in [3.63, 3.8) is 0 Å². The summed E-state index contributed by atoms with van der Waals surface area (Å²) in [5.74, 6) is -1.87. The number of unbranched alkanes of at least 4 members (excludes halogenated alkanes) is 1. The molecule has 3 aliphatic rings. The minimum Gasteiger partial charge on any atom is -0.494 e. The molecule has 0 aromatic heterocycles. The summed E-state index contributed by atoms with van der Waals surface area (Å²) in [5, 5.41) is 11.6. The SMILES string of the molecule is C=CCN(C(=O)C1N(CCCCO)C(=O)[C@@H]2[C@@H](C(=O)N(CC=C)c3ccc(OCC)cc3)[C@]3(C)OC12CC3C)c1ccc2ccccc2c1. The molecule has 9 heteroatoms. The smallest absolute Gasteiger partial charge is 0.253 e. The first kappa shape index (κ1) is 34.4. The molecule has 0 saturated carbocycles. The first-order valence-electron chi connectivity index (χ1n) is 17.3. The van der Waals surface area contributed by atoms with Crippen LogP contribution in [0.25, 0.3) is 10.8 Å². The number of anilines is 2.